The lowest BCUT2D eigenvalue weighted by molar-refractivity contribution is 0.308. The first-order valence-corrected chi connectivity index (χ1v) is 31.5. The van der Waals surface area contributed by atoms with E-state index in [2.05, 4.69) is 62.4 Å². The van der Waals surface area contributed by atoms with Gasteiger partial charge in [-0.15, -0.1) is 0 Å². The number of aromatic hydroxyl groups is 8. The molecule has 2 aliphatic carbocycles. The molecule has 0 heterocycles. The summed E-state index contributed by atoms with van der Waals surface area (Å²) in [4.78, 5) is 0. The van der Waals surface area contributed by atoms with Gasteiger partial charge in [-0.1, -0.05) is 173 Å². The van der Waals surface area contributed by atoms with Gasteiger partial charge in [0.1, 0.15) is 46.0 Å². The molecule has 0 aliphatic heterocycles. The molecule has 12 rings (SSSR count). The largest absolute Gasteiger partial charge is 0.508 e. The third kappa shape index (κ3) is 13.7. The van der Waals surface area contributed by atoms with E-state index in [1.807, 2.05) is 84.9 Å². The smallest absolute Gasteiger partial charge is 0.123 e. The maximum Gasteiger partial charge on any atom is 0.123 e. The van der Waals surface area contributed by atoms with Crippen LogP contribution in [0.2, 0.25) is 0 Å². The molecule has 8 nitrogen and oxygen atoms in total. The van der Waals surface area contributed by atoms with Crippen LogP contribution in [0.3, 0.4) is 0 Å². The van der Waals surface area contributed by atoms with Crippen LogP contribution in [-0.2, 0) is 0 Å². The van der Waals surface area contributed by atoms with E-state index in [9.17, 15) is 40.9 Å². The Labute approximate surface area is 518 Å². The van der Waals surface area contributed by atoms with E-state index in [1.54, 1.807) is 84.9 Å². The van der Waals surface area contributed by atoms with Gasteiger partial charge in [0.2, 0.25) is 0 Å². The number of rotatable bonds is 16. The maximum atomic E-state index is 11.3. The molecule has 8 N–H and O–H groups in total. The van der Waals surface area contributed by atoms with Gasteiger partial charge in [-0.2, -0.15) is 0 Å². The predicted octanol–water partition coefficient (Wildman–Crippen LogP) is 20.2. The number of hydrogen-bond donors (Lipinski definition) is 8. The summed E-state index contributed by atoms with van der Waals surface area (Å²) in [7, 11) is 0. The van der Waals surface area contributed by atoms with E-state index >= 15 is 0 Å². The van der Waals surface area contributed by atoms with Crippen molar-refractivity contribution in [2.45, 2.75) is 115 Å². The second kappa shape index (κ2) is 27.5. The summed E-state index contributed by atoms with van der Waals surface area (Å²) in [5.41, 5.74) is 13.9. The summed E-state index contributed by atoms with van der Waals surface area (Å²) in [5.74, 6) is 3.23. The van der Waals surface area contributed by atoms with Crippen LogP contribution >= 0.6 is 0 Å². The molecule has 0 bridgehead atoms. The van der Waals surface area contributed by atoms with E-state index in [0.29, 0.717) is 45.2 Å². The molecule has 2 saturated carbocycles. The number of benzene rings is 10. The summed E-state index contributed by atoms with van der Waals surface area (Å²) in [6.07, 6.45) is 15.3. The topological polar surface area (TPSA) is 162 Å². The zero-order chi connectivity index (χ0) is 61.3. The minimum Gasteiger partial charge on any atom is -0.508 e. The number of para-hydroxylation sites is 2. The third-order valence-corrected chi connectivity index (χ3v) is 18.7. The van der Waals surface area contributed by atoms with E-state index in [-0.39, 0.29) is 51.9 Å². The molecule has 2 fully saturated rings. The first-order valence-electron chi connectivity index (χ1n) is 31.5. The minimum atomic E-state index is -0.446. The highest BCUT2D eigenvalue weighted by atomic mass is 16.3. The summed E-state index contributed by atoms with van der Waals surface area (Å²) in [6.45, 7) is 4.55. The van der Waals surface area contributed by atoms with Crippen LogP contribution < -0.4 is 0 Å². The normalized spacial score (nSPS) is 16.7. The zero-order valence-electron chi connectivity index (χ0n) is 50.3. The van der Waals surface area contributed by atoms with E-state index in [1.165, 1.54) is 88.2 Å². The standard InChI is InChI=1S/2C40H40O4/c1-2-7-26-12-14-27(15-13-26)28-16-18-29(19-17-28)40(30-20-22-38(43)34(24-30)32-8-3-5-10-36(32)41)31-21-23-39(44)35(25-31)33-9-4-6-11-37(33)42;1-2-3-26-4-6-27(7-5-26)28-8-10-31(11-9-28)40(36-24-32(16-22-38(36)43)29-12-18-34(41)19-13-29)37-25-33(17-23-39(37)44)30-14-20-35(42)21-15-30/h3-6,8-11,16-27,40-44H,2,7,12-15H2,1H3;8-27,40-44H,2-7H2,1H3. The molecule has 0 saturated heterocycles. The van der Waals surface area contributed by atoms with Crippen molar-refractivity contribution in [2.75, 3.05) is 0 Å². The molecule has 0 spiro atoms. The van der Waals surface area contributed by atoms with Crippen molar-refractivity contribution in [3.05, 3.63) is 263 Å². The molecule has 0 unspecified atom stereocenters. The Bertz CT molecular complexity index is 3760. The van der Waals surface area contributed by atoms with E-state index in [0.717, 1.165) is 56.3 Å². The van der Waals surface area contributed by atoms with Crippen LogP contribution in [0.15, 0.2) is 218 Å². The second-order valence-electron chi connectivity index (χ2n) is 24.4. The molecule has 0 atom stereocenters. The Hall–Kier alpha value is -9.40. The van der Waals surface area contributed by atoms with Crippen LogP contribution in [-0.4, -0.2) is 40.9 Å². The first kappa shape index (κ1) is 60.3. The van der Waals surface area contributed by atoms with Crippen LogP contribution in [0.5, 0.6) is 46.0 Å². The molecule has 448 valence electrons. The van der Waals surface area contributed by atoms with Gasteiger partial charge >= 0.3 is 0 Å². The lowest BCUT2D eigenvalue weighted by Gasteiger charge is -2.29. The molecule has 0 aromatic heterocycles. The average Bonchev–Trinajstić information content (AvgIpc) is 3.09. The van der Waals surface area contributed by atoms with Gasteiger partial charge in [-0.05, 0) is 216 Å². The Morgan fingerprint density at radius 2 is 0.625 bits per heavy atom. The van der Waals surface area contributed by atoms with Gasteiger partial charge < -0.3 is 40.9 Å². The molecule has 88 heavy (non-hydrogen) atoms. The van der Waals surface area contributed by atoms with Crippen molar-refractivity contribution in [1.29, 1.82) is 0 Å². The molecular formula is C80H80O8. The van der Waals surface area contributed by atoms with Crippen molar-refractivity contribution >= 4 is 0 Å². The SMILES string of the molecule is CCCC1CCC(c2ccc(C(c3cc(-c4ccc(O)cc4)ccc3O)c3cc(-c4ccc(O)cc4)ccc3O)cc2)CC1.CCCC1CCC(c2ccc(C(c3ccc(O)c(-c4ccccc4O)c3)c3ccc(O)c(-c4ccccc4O)c3)cc2)CC1. The number of phenolic OH excluding ortho intramolecular Hbond substituents is 8. The Kier molecular flexibility index (Phi) is 18.9. The summed E-state index contributed by atoms with van der Waals surface area (Å²) < 4.78 is 0. The molecule has 2 aliphatic rings. The van der Waals surface area contributed by atoms with Gasteiger partial charge in [-0.25, -0.2) is 0 Å². The number of hydrogen-bond acceptors (Lipinski definition) is 8. The summed E-state index contributed by atoms with van der Waals surface area (Å²) in [6, 6.07) is 67.9. The van der Waals surface area contributed by atoms with E-state index < -0.39 is 5.92 Å². The van der Waals surface area contributed by atoms with Crippen LogP contribution in [0.25, 0.3) is 44.5 Å². The maximum absolute atomic E-state index is 11.3. The van der Waals surface area contributed by atoms with Gasteiger partial charge in [0.15, 0.2) is 0 Å². The lowest BCUT2D eigenvalue weighted by atomic mass is 9.76. The molecule has 0 radical (unpaired) electrons. The fourth-order valence-corrected chi connectivity index (χ4v) is 13.9. The van der Waals surface area contributed by atoms with Crippen molar-refractivity contribution < 1.29 is 40.9 Å². The Morgan fingerprint density at radius 3 is 1.00 bits per heavy atom. The van der Waals surface area contributed by atoms with Crippen LogP contribution in [0.4, 0.5) is 0 Å². The van der Waals surface area contributed by atoms with Gasteiger partial charge in [0.25, 0.3) is 0 Å². The highest BCUT2D eigenvalue weighted by Gasteiger charge is 2.28. The molecule has 10 aromatic carbocycles. The molecule has 0 amide bonds. The third-order valence-electron chi connectivity index (χ3n) is 18.7. The van der Waals surface area contributed by atoms with Crippen molar-refractivity contribution in [1.82, 2.24) is 0 Å². The van der Waals surface area contributed by atoms with E-state index in [4.69, 9.17) is 0 Å². The van der Waals surface area contributed by atoms with Gasteiger partial charge in [0, 0.05) is 45.2 Å². The number of phenols is 8. The summed E-state index contributed by atoms with van der Waals surface area (Å²) >= 11 is 0. The molecular weight excluding hydrogens is 1090 g/mol. The fourth-order valence-electron chi connectivity index (χ4n) is 13.9. The van der Waals surface area contributed by atoms with Crippen LogP contribution in [0, 0.1) is 11.8 Å². The Morgan fingerprint density at radius 1 is 0.295 bits per heavy atom. The lowest BCUT2D eigenvalue weighted by Crippen LogP contribution is -2.13. The fraction of sp³-hybridized carbons (Fsp3) is 0.250. The van der Waals surface area contributed by atoms with Crippen molar-refractivity contribution in [2.24, 2.45) is 11.8 Å². The van der Waals surface area contributed by atoms with Crippen LogP contribution in [0.1, 0.15) is 159 Å². The van der Waals surface area contributed by atoms with Gasteiger partial charge in [0.05, 0.1) is 0 Å². The predicted molar refractivity (Wildman–Crippen MR) is 355 cm³/mol. The highest BCUT2D eigenvalue weighted by Crippen LogP contribution is 2.47. The average molecular weight is 1170 g/mol. The Balaban J connectivity index is 0.000000182. The first-order chi connectivity index (χ1) is 42.8. The van der Waals surface area contributed by atoms with Crippen molar-refractivity contribution in [3.8, 4) is 90.5 Å². The quantitative estimate of drug-likeness (QED) is 0.0444. The van der Waals surface area contributed by atoms with Gasteiger partial charge in [-0.3, -0.25) is 0 Å². The minimum absolute atomic E-state index is 0.0867. The monoisotopic (exact) mass is 1170 g/mol. The summed E-state index contributed by atoms with van der Waals surface area (Å²) in [5, 5.41) is 85.2. The molecule has 10 aromatic rings. The second-order valence-corrected chi connectivity index (χ2v) is 24.4. The zero-order valence-corrected chi connectivity index (χ0v) is 50.3. The highest BCUT2D eigenvalue weighted by molar-refractivity contribution is 5.79. The van der Waals surface area contributed by atoms with Crippen molar-refractivity contribution in [3.63, 3.8) is 0 Å². The molecule has 8 heteroatoms.